The number of carbonyl (C=O) groups excluding carboxylic acids is 1. The Labute approximate surface area is 97.6 Å². The minimum Gasteiger partial charge on any atom is -0.389 e. The van der Waals surface area contributed by atoms with Crippen molar-refractivity contribution in [3.63, 3.8) is 0 Å². The molecule has 0 amide bonds. The topological polar surface area (TPSA) is 49.8 Å². The third-order valence-corrected chi connectivity index (χ3v) is 3.32. The van der Waals surface area contributed by atoms with Crippen molar-refractivity contribution in [2.24, 2.45) is 5.41 Å². The minimum atomic E-state index is -0.472. The van der Waals surface area contributed by atoms with E-state index in [0.717, 1.165) is 38.5 Å². The Morgan fingerprint density at radius 3 is 2.62 bits per heavy atom. The van der Waals surface area contributed by atoms with Crippen molar-refractivity contribution >= 4 is 6.29 Å². The first-order valence-corrected chi connectivity index (χ1v) is 5.94. The Bertz CT molecular complexity index is 214. The van der Waals surface area contributed by atoms with E-state index >= 15 is 0 Å². The van der Waals surface area contributed by atoms with Crippen LogP contribution in [0.15, 0.2) is 0 Å². The Hall–Kier alpha value is -0.450. The molecule has 94 valence electrons. The summed E-state index contributed by atoms with van der Waals surface area (Å²) in [6, 6.07) is 0. The number of nitrogens with zero attached hydrogens (tertiary/aromatic N) is 1. The second-order valence-corrected chi connectivity index (χ2v) is 4.99. The van der Waals surface area contributed by atoms with E-state index in [1.165, 1.54) is 0 Å². The summed E-state index contributed by atoms with van der Waals surface area (Å²) < 4.78 is 4.88. The summed E-state index contributed by atoms with van der Waals surface area (Å²) >= 11 is 0. The molecule has 1 rings (SSSR count). The summed E-state index contributed by atoms with van der Waals surface area (Å²) in [7, 11) is 3.52. The molecular formula is C12H23NO3. The SMILES string of the molecule is COCC(O)CN(C)CC1(C=O)CCCC1. The van der Waals surface area contributed by atoms with Crippen LogP contribution in [0.3, 0.4) is 0 Å². The summed E-state index contributed by atoms with van der Waals surface area (Å²) in [5.74, 6) is 0. The van der Waals surface area contributed by atoms with Gasteiger partial charge in [0.2, 0.25) is 0 Å². The molecule has 1 aliphatic carbocycles. The predicted octanol–water partition coefficient (Wildman–Crippen LogP) is 0.685. The predicted molar refractivity (Wildman–Crippen MR) is 62.3 cm³/mol. The lowest BCUT2D eigenvalue weighted by Crippen LogP contribution is -2.40. The molecule has 4 nitrogen and oxygen atoms in total. The average Bonchev–Trinajstić information content (AvgIpc) is 2.67. The molecule has 0 aliphatic heterocycles. The van der Waals surface area contributed by atoms with Crippen molar-refractivity contribution in [1.82, 2.24) is 4.90 Å². The highest BCUT2D eigenvalue weighted by molar-refractivity contribution is 5.60. The first-order chi connectivity index (χ1) is 7.62. The van der Waals surface area contributed by atoms with Crippen molar-refractivity contribution in [3.05, 3.63) is 0 Å². The third kappa shape index (κ3) is 3.85. The van der Waals surface area contributed by atoms with Crippen LogP contribution in [0.2, 0.25) is 0 Å². The van der Waals surface area contributed by atoms with Gasteiger partial charge in [0.15, 0.2) is 0 Å². The standard InChI is InChI=1S/C12H23NO3/c1-13(7-11(15)8-16-2)9-12(10-14)5-3-4-6-12/h10-11,15H,3-9H2,1-2H3. The van der Waals surface area contributed by atoms with Gasteiger partial charge in [0.1, 0.15) is 6.29 Å². The third-order valence-electron chi connectivity index (χ3n) is 3.32. The van der Waals surface area contributed by atoms with Crippen LogP contribution in [0.1, 0.15) is 25.7 Å². The van der Waals surface area contributed by atoms with Crippen LogP contribution in [0.5, 0.6) is 0 Å². The highest BCUT2D eigenvalue weighted by Gasteiger charge is 2.34. The zero-order chi connectivity index (χ0) is 12.0. The molecule has 1 N–H and O–H groups in total. The van der Waals surface area contributed by atoms with E-state index in [1.54, 1.807) is 7.11 Å². The summed E-state index contributed by atoms with van der Waals surface area (Å²) in [5, 5.41) is 9.60. The maximum Gasteiger partial charge on any atom is 0.127 e. The van der Waals surface area contributed by atoms with Gasteiger partial charge in [0, 0.05) is 25.6 Å². The van der Waals surface area contributed by atoms with Gasteiger partial charge in [0.05, 0.1) is 12.7 Å². The molecule has 0 spiro atoms. The van der Waals surface area contributed by atoms with Crippen LogP contribution in [-0.2, 0) is 9.53 Å². The Morgan fingerprint density at radius 1 is 1.50 bits per heavy atom. The molecule has 0 aromatic carbocycles. The maximum atomic E-state index is 11.2. The summed E-state index contributed by atoms with van der Waals surface area (Å²) in [4.78, 5) is 13.2. The molecule has 1 unspecified atom stereocenters. The average molecular weight is 229 g/mol. The van der Waals surface area contributed by atoms with E-state index in [-0.39, 0.29) is 5.41 Å². The second kappa shape index (κ2) is 6.33. The lowest BCUT2D eigenvalue weighted by Gasteiger charge is -2.29. The Balaban J connectivity index is 2.37. The molecule has 16 heavy (non-hydrogen) atoms. The van der Waals surface area contributed by atoms with E-state index in [0.29, 0.717) is 13.2 Å². The molecule has 1 fully saturated rings. The lowest BCUT2D eigenvalue weighted by atomic mass is 9.87. The van der Waals surface area contributed by atoms with Gasteiger partial charge in [0.25, 0.3) is 0 Å². The minimum absolute atomic E-state index is 0.165. The van der Waals surface area contributed by atoms with Gasteiger partial charge in [-0.05, 0) is 19.9 Å². The molecule has 0 heterocycles. The van der Waals surface area contributed by atoms with Crippen molar-refractivity contribution in [1.29, 1.82) is 0 Å². The van der Waals surface area contributed by atoms with Crippen LogP contribution in [-0.4, -0.2) is 56.3 Å². The zero-order valence-corrected chi connectivity index (χ0v) is 10.3. The van der Waals surface area contributed by atoms with Crippen LogP contribution in [0.4, 0.5) is 0 Å². The fourth-order valence-corrected chi connectivity index (χ4v) is 2.60. The molecule has 4 heteroatoms. The van der Waals surface area contributed by atoms with E-state index < -0.39 is 6.10 Å². The maximum absolute atomic E-state index is 11.2. The van der Waals surface area contributed by atoms with Gasteiger partial charge in [-0.1, -0.05) is 12.8 Å². The van der Waals surface area contributed by atoms with E-state index in [2.05, 4.69) is 0 Å². The molecule has 1 atom stereocenters. The molecule has 0 bridgehead atoms. The zero-order valence-electron chi connectivity index (χ0n) is 10.3. The monoisotopic (exact) mass is 229 g/mol. The quantitative estimate of drug-likeness (QED) is 0.652. The molecular weight excluding hydrogens is 206 g/mol. The number of likely N-dealkylation sites (N-methyl/N-ethyl adjacent to an activating group) is 1. The van der Waals surface area contributed by atoms with E-state index in [9.17, 15) is 9.90 Å². The lowest BCUT2D eigenvalue weighted by molar-refractivity contribution is -0.117. The molecule has 0 aromatic heterocycles. The molecule has 1 saturated carbocycles. The van der Waals surface area contributed by atoms with Crippen LogP contribution in [0.25, 0.3) is 0 Å². The summed E-state index contributed by atoms with van der Waals surface area (Å²) in [5.41, 5.74) is -0.165. The highest BCUT2D eigenvalue weighted by atomic mass is 16.5. The van der Waals surface area contributed by atoms with Crippen molar-refractivity contribution in [2.45, 2.75) is 31.8 Å². The number of hydrogen-bond donors (Lipinski definition) is 1. The molecule has 0 saturated heterocycles. The molecule has 1 aliphatic rings. The Morgan fingerprint density at radius 2 is 2.12 bits per heavy atom. The number of carbonyl (C=O) groups is 1. The van der Waals surface area contributed by atoms with Gasteiger partial charge in [-0.2, -0.15) is 0 Å². The number of rotatable bonds is 7. The van der Waals surface area contributed by atoms with Crippen LogP contribution >= 0.6 is 0 Å². The number of ether oxygens (including phenoxy) is 1. The molecule has 0 radical (unpaired) electrons. The van der Waals surface area contributed by atoms with Gasteiger partial charge in [-0.3, -0.25) is 0 Å². The van der Waals surface area contributed by atoms with Gasteiger partial charge in [-0.25, -0.2) is 0 Å². The number of methoxy groups -OCH3 is 1. The van der Waals surface area contributed by atoms with Crippen molar-refractivity contribution < 1.29 is 14.6 Å². The Kier molecular flexibility index (Phi) is 5.38. The van der Waals surface area contributed by atoms with Gasteiger partial charge < -0.3 is 19.5 Å². The number of aliphatic hydroxyl groups is 1. The highest BCUT2D eigenvalue weighted by Crippen LogP contribution is 2.36. The van der Waals surface area contributed by atoms with Crippen molar-refractivity contribution in [3.8, 4) is 0 Å². The van der Waals surface area contributed by atoms with Crippen LogP contribution in [0, 0.1) is 5.41 Å². The van der Waals surface area contributed by atoms with E-state index in [1.807, 2.05) is 11.9 Å². The first kappa shape index (κ1) is 13.6. The van der Waals surface area contributed by atoms with Gasteiger partial charge >= 0.3 is 0 Å². The number of hydrogen-bond acceptors (Lipinski definition) is 4. The normalized spacial score (nSPS) is 21.2. The fourth-order valence-electron chi connectivity index (χ4n) is 2.60. The first-order valence-electron chi connectivity index (χ1n) is 5.94. The number of aliphatic hydroxyl groups excluding tert-OH is 1. The summed E-state index contributed by atoms with van der Waals surface area (Å²) in [6.07, 6.45) is 4.90. The number of aldehydes is 1. The van der Waals surface area contributed by atoms with E-state index in [4.69, 9.17) is 4.74 Å². The molecule has 0 aromatic rings. The summed E-state index contributed by atoms with van der Waals surface area (Å²) in [6.45, 7) is 1.65. The van der Waals surface area contributed by atoms with Crippen LogP contribution < -0.4 is 0 Å². The second-order valence-electron chi connectivity index (χ2n) is 4.99. The largest absolute Gasteiger partial charge is 0.389 e. The van der Waals surface area contributed by atoms with Crippen molar-refractivity contribution in [2.75, 3.05) is 33.9 Å². The smallest absolute Gasteiger partial charge is 0.127 e. The fraction of sp³-hybridized carbons (Fsp3) is 0.917. The van der Waals surface area contributed by atoms with Gasteiger partial charge in [-0.15, -0.1) is 0 Å².